The highest BCUT2D eigenvalue weighted by Gasteiger charge is 2.38. The predicted octanol–water partition coefficient (Wildman–Crippen LogP) is 4.73. The van der Waals surface area contributed by atoms with Crippen LogP contribution >= 0.6 is 11.8 Å². The summed E-state index contributed by atoms with van der Waals surface area (Å²) in [5, 5.41) is 0.550. The van der Waals surface area contributed by atoms with E-state index < -0.39 is 9.84 Å². The summed E-state index contributed by atoms with van der Waals surface area (Å²) >= 11 is 1.48. The SMILES string of the molecule is CC[C@H]1CSC(=Nc2ccc(OC)cc2)N1C(=O)c1ccc2c(c1)S(=O)(=O)c1ccccc1C2=O. The van der Waals surface area contributed by atoms with Crippen LogP contribution in [0.5, 0.6) is 5.75 Å². The number of carbonyl (C=O) groups is 2. The molecular weight excluding hydrogens is 484 g/mol. The Hall–Kier alpha value is -3.43. The van der Waals surface area contributed by atoms with Crippen LogP contribution in [-0.4, -0.2) is 49.1 Å². The number of fused-ring (bicyclic) bond motifs is 2. The number of ketones is 1. The van der Waals surface area contributed by atoms with Gasteiger partial charge < -0.3 is 4.74 Å². The number of carbonyl (C=O) groups excluding carboxylic acids is 2. The van der Waals surface area contributed by atoms with Crippen LogP contribution in [0.2, 0.25) is 0 Å². The average molecular weight is 507 g/mol. The molecule has 1 amide bonds. The number of hydrogen-bond donors (Lipinski definition) is 0. The van der Waals surface area contributed by atoms with Gasteiger partial charge >= 0.3 is 0 Å². The number of methoxy groups -OCH3 is 1. The van der Waals surface area contributed by atoms with E-state index >= 15 is 0 Å². The highest BCUT2D eigenvalue weighted by molar-refractivity contribution is 8.14. The summed E-state index contributed by atoms with van der Waals surface area (Å²) in [4.78, 5) is 32.7. The lowest BCUT2D eigenvalue weighted by molar-refractivity contribution is 0.0818. The molecule has 3 aromatic carbocycles. The standard InChI is InChI=1S/C26H22N2O5S2/c1-3-18-15-34-26(27-17-9-11-19(33-2)12-10-17)28(18)25(30)16-8-13-21-23(14-16)35(31,32)22-7-5-4-6-20(22)24(21)29/h4-14,18H,3,15H2,1-2H3/t18-/m0/s1. The fourth-order valence-electron chi connectivity index (χ4n) is 4.23. The molecule has 9 heteroatoms. The molecule has 178 valence electrons. The van der Waals surface area contributed by atoms with Gasteiger partial charge in [0.05, 0.1) is 22.6 Å². The Kier molecular flexibility index (Phi) is 5.98. The Morgan fingerprint density at radius 1 is 1.06 bits per heavy atom. The van der Waals surface area contributed by atoms with Gasteiger partial charge in [-0.15, -0.1) is 0 Å². The highest BCUT2D eigenvalue weighted by Crippen LogP contribution is 2.36. The van der Waals surface area contributed by atoms with Gasteiger partial charge in [-0.3, -0.25) is 14.5 Å². The predicted molar refractivity (Wildman–Crippen MR) is 135 cm³/mol. The van der Waals surface area contributed by atoms with E-state index in [9.17, 15) is 18.0 Å². The molecule has 0 spiro atoms. The lowest BCUT2D eigenvalue weighted by atomic mass is 10.0. The van der Waals surface area contributed by atoms with Gasteiger partial charge in [0.1, 0.15) is 5.75 Å². The van der Waals surface area contributed by atoms with Crippen molar-refractivity contribution < 1.29 is 22.7 Å². The van der Waals surface area contributed by atoms with E-state index in [1.54, 1.807) is 36.3 Å². The van der Waals surface area contributed by atoms with Crippen LogP contribution in [0.25, 0.3) is 0 Å². The van der Waals surface area contributed by atoms with Crippen molar-refractivity contribution in [2.45, 2.75) is 29.2 Å². The molecule has 2 aliphatic rings. The van der Waals surface area contributed by atoms with Crippen LogP contribution in [0, 0.1) is 0 Å². The van der Waals surface area contributed by atoms with Gasteiger partial charge in [-0.05, 0) is 61.0 Å². The second kappa shape index (κ2) is 8.98. The molecular formula is C26H22N2O5S2. The topological polar surface area (TPSA) is 93.1 Å². The second-order valence-electron chi connectivity index (χ2n) is 8.18. The molecule has 1 fully saturated rings. The Morgan fingerprint density at radius 3 is 2.49 bits per heavy atom. The first-order chi connectivity index (χ1) is 16.8. The van der Waals surface area contributed by atoms with E-state index in [-0.39, 0.29) is 44.2 Å². The molecule has 0 N–H and O–H groups in total. The van der Waals surface area contributed by atoms with E-state index in [2.05, 4.69) is 4.99 Å². The van der Waals surface area contributed by atoms with E-state index in [0.717, 1.165) is 6.42 Å². The Morgan fingerprint density at radius 2 is 1.77 bits per heavy atom. The lowest BCUT2D eigenvalue weighted by Gasteiger charge is -2.24. The number of amides is 1. The average Bonchev–Trinajstić information content (AvgIpc) is 3.29. The molecule has 0 radical (unpaired) electrons. The maximum atomic E-state index is 13.7. The minimum Gasteiger partial charge on any atom is -0.497 e. The van der Waals surface area contributed by atoms with Crippen molar-refractivity contribution in [3.05, 3.63) is 83.4 Å². The van der Waals surface area contributed by atoms with Gasteiger partial charge in [0.2, 0.25) is 9.84 Å². The maximum absolute atomic E-state index is 13.7. The summed E-state index contributed by atoms with van der Waals surface area (Å²) in [6.07, 6.45) is 0.718. The van der Waals surface area contributed by atoms with Crippen LogP contribution in [0.4, 0.5) is 5.69 Å². The van der Waals surface area contributed by atoms with Gasteiger partial charge in [0, 0.05) is 28.5 Å². The zero-order valence-corrected chi connectivity index (χ0v) is 20.7. The number of thioether (sulfide) groups is 1. The third-order valence-corrected chi connectivity index (χ3v) is 9.10. The van der Waals surface area contributed by atoms with Gasteiger partial charge in [-0.2, -0.15) is 0 Å². The minimum absolute atomic E-state index is 0.0352. The highest BCUT2D eigenvalue weighted by atomic mass is 32.2. The summed E-state index contributed by atoms with van der Waals surface area (Å²) in [7, 11) is -2.35. The van der Waals surface area contributed by atoms with E-state index in [1.807, 2.05) is 19.1 Å². The number of aliphatic imine (C=N–C) groups is 1. The van der Waals surface area contributed by atoms with Crippen LogP contribution < -0.4 is 4.74 Å². The number of amidine groups is 1. The van der Waals surface area contributed by atoms with Gasteiger partial charge in [-0.1, -0.05) is 30.8 Å². The largest absolute Gasteiger partial charge is 0.497 e. The number of rotatable bonds is 4. The molecule has 0 aromatic heterocycles. The first kappa shape index (κ1) is 23.3. The fraction of sp³-hybridized carbons (Fsp3) is 0.192. The van der Waals surface area contributed by atoms with Crippen molar-refractivity contribution in [2.75, 3.05) is 12.9 Å². The van der Waals surface area contributed by atoms with Gasteiger partial charge in [0.15, 0.2) is 11.0 Å². The second-order valence-corrected chi connectivity index (χ2v) is 11.1. The van der Waals surface area contributed by atoms with Crippen molar-refractivity contribution >= 4 is 44.1 Å². The maximum Gasteiger partial charge on any atom is 0.260 e. The number of sulfone groups is 1. The van der Waals surface area contributed by atoms with E-state index in [0.29, 0.717) is 22.4 Å². The third kappa shape index (κ3) is 3.94. The molecule has 0 aliphatic carbocycles. The Balaban J connectivity index is 1.54. The molecule has 1 saturated heterocycles. The summed E-state index contributed by atoms with van der Waals surface area (Å²) in [5.74, 6) is 0.679. The summed E-state index contributed by atoms with van der Waals surface area (Å²) in [6.45, 7) is 1.99. The van der Waals surface area contributed by atoms with Crippen LogP contribution in [0.1, 0.15) is 39.6 Å². The molecule has 2 aliphatic heterocycles. The molecule has 7 nitrogen and oxygen atoms in total. The number of ether oxygens (including phenoxy) is 1. The first-order valence-electron chi connectivity index (χ1n) is 11.1. The quantitative estimate of drug-likeness (QED) is 0.397. The van der Waals surface area contributed by atoms with Crippen molar-refractivity contribution in [1.29, 1.82) is 0 Å². The van der Waals surface area contributed by atoms with E-state index in [1.165, 1.54) is 42.1 Å². The minimum atomic E-state index is -3.94. The first-order valence-corrected chi connectivity index (χ1v) is 13.5. The molecule has 0 saturated carbocycles. The molecule has 2 heterocycles. The van der Waals surface area contributed by atoms with Crippen molar-refractivity contribution in [3.8, 4) is 5.75 Å². The normalized spacial score (nSPS) is 19.4. The molecule has 0 unspecified atom stereocenters. The Labute approximate surface area is 207 Å². The molecule has 1 atom stereocenters. The summed E-state index contributed by atoms with van der Waals surface area (Å²) in [6, 6.07) is 17.5. The van der Waals surface area contributed by atoms with Crippen molar-refractivity contribution in [1.82, 2.24) is 4.90 Å². The monoisotopic (exact) mass is 506 g/mol. The number of benzene rings is 3. The third-order valence-electron chi connectivity index (χ3n) is 6.15. The smallest absolute Gasteiger partial charge is 0.260 e. The summed E-state index contributed by atoms with van der Waals surface area (Å²) < 4.78 is 31.8. The molecule has 0 bridgehead atoms. The molecule has 5 rings (SSSR count). The fourth-order valence-corrected chi connectivity index (χ4v) is 7.18. The number of hydrogen-bond acceptors (Lipinski definition) is 7. The van der Waals surface area contributed by atoms with Crippen LogP contribution in [-0.2, 0) is 9.84 Å². The van der Waals surface area contributed by atoms with Crippen LogP contribution in [0.3, 0.4) is 0 Å². The zero-order valence-electron chi connectivity index (χ0n) is 19.1. The number of nitrogens with zero attached hydrogens (tertiary/aromatic N) is 2. The van der Waals surface area contributed by atoms with E-state index in [4.69, 9.17) is 4.74 Å². The van der Waals surface area contributed by atoms with Crippen molar-refractivity contribution in [3.63, 3.8) is 0 Å². The lowest BCUT2D eigenvalue weighted by Crippen LogP contribution is -2.39. The molecule has 3 aromatic rings. The van der Waals surface area contributed by atoms with Gasteiger partial charge in [-0.25, -0.2) is 13.4 Å². The van der Waals surface area contributed by atoms with Crippen molar-refractivity contribution in [2.24, 2.45) is 4.99 Å². The Bertz CT molecular complexity index is 1480. The van der Waals surface area contributed by atoms with Gasteiger partial charge in [0.25, 0.3) is 5.91 Å². The summed E-state index contributed by atoms with van der Waals surface area (Å²) in [5.41, 5.74) is 1.10. The zero-order chi connectivity index (χ0) is 24.7. The van der Waals surface area contributed by atoms with Crippen LogP contribution in [0.15, 0.2) is 81.5 Å². The molecule has 35 heavy (non-hydrogen) atoms.